The molecule has 1 unspecified atom stereocenters. The van der Waals surface area contributed by atoms with E-state index in [9.17, 15) is 0 Å². The van der Waals surface area contributed by atoms with E-state index in [4.69, 9.17) is 0 Å². The fourth-order valence-corrected chi connectivity index (χ4v) is 2.85. The first kappa shape index (κ1) is 16.2. The average Bonchev–Trinajstić information content (AvgIpc) is 2.56. The van der Waals surface area contributed by atoms with Crippen LogP contribution in [0.3, 0.4) is 0 Å². The smallest absolute Gasteiger partial charge is 0.0562 e. The second-order valence-corrected chi connectivity index (χ2v) is 7.27. The molecule has 0 amide bonds. The quantitative estimate of drug-likeness (QED) is 0.927. The summed E-state index contributed by atoms with van der Waals surface area (Å²) in [5, 5.41) is 3.51. The average molecular weight is 290 g/mol. The van der Waals surface area contributed by atoms with Gasteiger partial charge in [0.05, 0.1) is 5.69 Å². The third kappa shape index (κ3) is 4.97. The molecule has 1 aliphatic heterocycles. The van der Waals surface area contributed by atoms with Crippen LogP contribution in [0.25, 0.3) is 0 Å². The molecule has 4 heteroatoms. The Labute approximate surface area is 129 Å². The summed E-state index contributed by atoms with van der Waals surface area (Å²) >= 11 is 0. The number of pyridine rings is 1. The van der Waals surface area contributed by atoms with Gasteiger partial charge in [-0.05, 0) is 59.8 Å². The van der Waals surface area contributed by atoms with E-state index in [2.05, 4.69) is 67.0 Å². The molecule has 1 aliphatic rings. The number of anilines is 1. The number of hydrogen-bond donors (Lipinski definition) is 1. The van der Waals surface area contributed by atoms with E-state index in [-0.39, 0.29) is 5.54 Å². The summed E-state index contributed by atoms with van der Waals surface area (Å²) in [4.78, 5) is 9.45. The summed E-state index contributed by atoms with van der Waals surface area (Å²) in [5.41, 5.74) is 2.54. The van der Waals surface area contributed by atoms with E-state index >= 15 is 0 Å². The number of rotatable bonds is 3. The monoisotopic (exact) mass is 290 g/mol. The Morgan fingerprint density at radius 2 is 2.10 bits per heavy atom. The lowest BCUT2D eigenvalue weighted by Crippen LogP contribution is -2.38. The minimum Gasteiger partial charge on any atom is -0.367 e. The molecule has 1 atom stereocenters. The Kier molecular flexibility index (Phi) is 5.22. The van der Waals surface area contributed by atoms with Crippen molar-refractivity contribution in [2.75, 3.05) is 31.6 Å². The fourth-order valence-electron chi connectivity index (χ4n) is 2.85. The van der Waals surface area contributed by atoms with Crippen molar-refractivity contribution in [1.82, 2.24) is 15.2 Å². The zero-order valence-electron chi connectivity index (χ0n) is 14.2. The number of nitrogens with one attached hydrogen (secondary N) is 1. The molecule has 2 rings (SSSR count). The third-order valence-electron chi connectivity index (χ3n) is 3.98. The number of likely N-dealkylation sites (N-methyl/N-ethyl adjacent to an activating group) is 1. The van der Waals surface area contributed by atoms with Crippen LogP contribution in [0.1, 0.15) is 39.8 Å². The van der Waals surface area contributed by atoms with Gasteiger partial charge in [0.15, 0.2) is 0 Å². The molecule has 0 aliphatic carbocycles. The molecule has 118 valence electrons. The van der Waals surface area contributed by atoms with Crippen molar-refractivity contribution in [2.45, 2.75) is 52.2 Å². The Morgan fingerprint density at radius 3 is 2.81 bits per heavy atom. The highest BCUT2D eigenvalue weighted by Crippen LogP contribution is 2.20. The Morgan fingerprint density at radius 1 is 1.33 bits per heavy atom. The van der Waals surface area contributed by atoms with Gasteiger partial charge in [0.1, 0.15) is 0 Å². The third-order valence-corrected chi connectivity index (χ3v) is 3.98. The van der Waals surface area contributed by atoms with Crippen LogP contribution < -0.4 is 10.2 Å². The predicted octanol–water partition coefficient (Wildman–Crippen LogP) is 2.50. The van der Waals surface area contributed by atoms with Crippen molar-refractivity contribution in [3.63, 3.8) is 0 Å². The number of nitrogens with zero attached hydrogens (tertiary/aromatic N) is 3. The molecule has 0 saturated carbocycles. The van der Waals surface area contributed by atoms with Crippen LogP contribution in [0.5, 0.6) is 0 Å². The second kappa shape index (κ2) is 6.75. The van der Waals surface area contributed by atoms with E-state index in [1.807, 2.05) is 6.20 Å². The van der Waals surface area contributed by atoms with Crippen molar-refractivity contribution in [2.24, 2.45) is 0 Å². The van der Waals surface area contributed by atoms with E-state index in [0.29, 0.717) is 6.04 Å². The Bertz CT molecular complexity index is 452. The van der Waals surface area contributed by atoms with Gasteiger partial charge in [-0.1, -0.05) is 0 Å². The molecular weight excluding hydrogens is 260 g/mol. The molecule has 1 saturated heterocycles. The SMILES string of the molecule is CC1CN(C)CCCN1c1ccnc(CNC(C)(C)C)c1. The maximum absolute atomic E-state index is 4.50. The summed E-state index contributed by atoms with van der Waals surface area (Å²) in [7, 11) is 2.21. The zero-order chi connectivity index (χ0) is 15.5. The van der Waals surface area contributed by atoms with Gasteiger partial charge in [0, 0.05) is 43.1 Å². The minimum absolute atomic E-state index is 0.121. The van der Waals surface area contributed by atoms with Gasteiger partial charge in [-0.2, -0.15) is 0 Å². The van der Waals surface area contributed by atoms with Gasteiger partial charge in [-0.25, -0.2) is 0 Å². The molecular formula is C17H30N4. The van der Waals surface area contributed by atoms with Crippen LogP contribution in [0.2, 0.25) is 0 Å². The topological polar surface area (TPSA) is 31.4 Å². The Balaban J connectivity index is 2.09. The number of aromatic nitrogens is 1. The lowest BCUT2D eigenvalue weighted by Gasteiger charge is -2.30. The van der Waals surface area contributed by atoms with Crippen LogP contribution in [-0.4, -0.2) is 48.1 Å². The van der Waals surface area contributed by atoms with E-state index in [0.717, 1.165) is 25.3 Å². The summed E-state index contributed by atoms with van der Waals surface area (Å²) in [5.74, 6) is 0. The largest absolute Gasteiger partial charge is 0.367 e. The van der Waals surface area contributed by atoms with Crippen LogP contribution in [-0.2, 0) is 6.54 Å². The molecule has 2 heterocycles. The Hall–Kier alpha value is -1.13. The molecule has 1 aromatic rings. The zero-order valence-corrected chi connectivity index (χ0v) is 14.2. The summed E-state index contributed by atoms with van der Waals surface area (Å²) in [6.07, 6.45) is 3.16. The van der Waals surface area contributed by atoms with Crippen molar-refractivity contribution in [3.05, 3.63) is 24.0 Å². The lowest BCUT2D eigenvalue weighted by molar-refractivity contribution is 0.337. The highest BCUT2D eigenvalue weighted by molar-refractivity contribution is 5.47. The standard InChI is InChI=1S/C17H30N4/c1-14-13-20(5)9-6-10-21(14)16-7-8-18-15(11-16)12-19-17(2,3)4/h7-8,11,14,19H,6,9-10,12-13H2,1-5H3. The van der Waals surface area contributed by atoms with Crippen molar-refractivity contribution in [3.8, 4) is 0 Å². The molecule has 1 N–H and O–H groups in total. The van der Waals surface area contributed by atoms with E-state index < -0.39 is 0 Å². The lowest BCUT2D eigenvalue weighted by atomic mass is 10.1. The van der Waals surface area contributed by atoms with Gasteiger partial charge in [-0.3, -0.25) is 4.98 Å². The minimum atomic E-state index is 0.121. The van der Waals surface area contributed by atoms with Crippen LogP contribution >= 0.6 is 0 Å². The van der Waals surface area contributed by atoms with Crippen LogP contribution in [0, 0.1) is 0 Å². The second-order valence-electron chi connectivity index (χ2n) is 7.27. The van der Waals surface area contributed by atoms with E-state index in [1.54, 1.807) is 0 Å². The van der Waals surface area contributed by atoms with Gasteiger partial charge >= 0.3 is 0 Å². The van der Waals surface area contributed by atoms with Gasteiger partial charge in [0.25, 0.3) is 0 Å². The van der Waals surface area contributed by atoms with Crippen molar-refractivity contribution >= 4 is 5.69 Å². The summed E-state index contributed by atoms with van der Waals surface area (Å²) in [6.45, 7) is 13.1. The highest BCUT2D eigenvalue weighted by Gasteiger charge is 2.20. The molecule has 0 spiro atoms. The first-order valence-electron chi connectivity index (χ1n) is 8.00. The summed E-state index contributed by atoms with van der Waals surface area (Å²) in [6, 6.07) is 4.92. The molecule has 0 bridgehead atoms. The molecule has 1 aromatic heterocycles. The highest BCUT2D eigenvalue weighted by atomic mass is 15.2. The van der Waals surface area contributed by atoms with Crippen molar-refractivity contribution < 1.29 is 0 Å². The number of hydrogen-bond acceptors (Lipinski definition) is 4. The molecule has 21 heavy (non-hydrogen) atoms. The molecule has 4 nitrogen and oxygen atoms in total. The predicted molar refractivity (Wildman–Crippen MR) is 89.8 cm³/mol. The van der Waals surface area contributed by atoms with Crippen molar-refractivity contribution in [1.29, 1.82) is 0 Å². The first-order chi connectivity index (χ1) is 9.85. The van der Waals surface area contributed by atoms with Gasteiger partial charge in [0.2, 0.25) is 0 Å². The first-order valence-corrected chi connectivity index (χ1v) is 8.00. The summed E-state index contributed by atoms with van der Waals surface area (Å²) < 4.78 is 0. The molecule has 0 aromatic carbocycles. The van der Waals surface area contributed by atoms with Crippen LogP contribution in [0.4, 0.5) is 5.69 Å². The normalized spacial score (nSPS) is 21.4. The molecule has 0 radical (unpaired) electrons. The fraction of sp³-hybridized carbons (Fsp3) is 0.706. The molecule has 1 fully saturated rings. The maximum Gasteiger partial charge on any atom is 0.0562 e. The van der Waals surface area contributed by atoms with Gasteiger partial charge < -0.3 is 15.1 Å². The van der Waals surface area contributed by atoms with Crippen LogP contribution in [0.15, 0.2) is 18.3 Å². The van der Waals surface area contributed by atoms with E-state index in [1.165, 1.54) is 18.7 Å². The maximum atomic E-state index is 4.50. The van der Waals surface area contributed by atoms with Gasteiger partial charge in [-0.15, -0.1) is 0 Å².